The number of carbonyl (C=O) groups is 1. The fourth-order valence-electron chi connectivity index (χ4n) is 2.93. The van der Waals surface area contributed by atoms with Gasteiger partial charge in [0.2, 0.25) is 0 Å². The Hall–Kier alpha value is -1.46. The normalized spacial score (nSPS) is 18.5. The first-order valence-electron chi connectivity index (χ1n) is 7.47. The highest BCUT2D eigenvalue weighted by atomic mass is 35.5. The highest BCUT2D eigenvalue weighted by Gasteiger charge is 2.38. The molecule has 2 rings (SSSR count). The fourth-order valence-corrected chi connectivity index (χ4v) is 3.10. The Bertz CT molecular complexity index is 555. The van der Waals surface area contributed by atoms with Crippen molar-refractivity contribution >= 4 is 29.0 Å². The van der Waals surface area contributed by atoms with Gasteiger partial charge in [0.25, 0.3) is 0 Å². The van der Waals surface area contributed by atoms with Crippen LogP contribution in [0.2, 0.25) is 5.02 Å². The maximum absolute atomic E-state index is 12.6. The van der Waals surface area contributed by atoms with Gasteiger partial charge in [-0.05, 0) is 44.9 Å². The van der Waals surface area contributed by atoms with E-state index in [0.717, 1.165) is 18.5 Å². The minimum atomic E-state index is -0.910. The third kappa shape index (κ3) is 3.65. The summed E-state index contributed by atoms with van der Waals surface area (Å²) in [6.07, 6.45) is 1.71. The minimum absolute atomic E-state index is 0.172. The second-order valence-electron chi connectivity index (χ2n) is 6.49. The highest BCUT2D eigenvalue weighted by molar-refractivity contribution is 6.31. The standard InChI is InChI=1S/C16H24ClN3O2/c1-16(2,22)14-6-5-9-20(14)15(21)18-12-10-11(17)7-8-13(12)19(3)4/h7-8,10,14,22H,5-6,9H2,1-4H3,(H,18,21). The molecule has 22 heavy (non-hydrogen) atoms. The van der Waals surface area contributed by atoms with Crippen LogP contribution in [0.5, 0.6) is 0 Å². The van der Waals surface area contributed by atoms with E-state index in [0.29, 0.717) is 17.3 Å². The van der Waals surface area contributed by atoms with E-state index in [4.69, 9.17) is 11.6 Å². The zero-order chi connectivity index (χ0) is 16.5. The molecule has 0 spiro atoms. The average molecular weight is 326 g/mol. The molecule has 1 unspecified atom stereocenters. The molecule has 1 heterocycles. The molecule has 1 atom stereocenters. The van der Waals surface area contributed by atoms with E-state index in [2.05, 4.69) is 5.32 Å². The molecule has 1 aliphatic heterocycles. The van der Waals surface area contributed by atoms with E-state index >= 15 is 0 Å². The Morgan fingerprint density at radius 3 is 2.73 bits per heavy atom. The highest BCUT2D eigenvalue weighted by Crippen LogP contribution is 2.31. The van der Waals surface area contributed by atoms with Gasteiger partial charge in [0.05, 0.1) is 23.0 Å². The average Bonchev–Trinajstić information content (AvgIpc) is 2.87. The van der Waals surface area contributed by atoms with Crippen molar-refractivity contribution in [2.24, 2.45) is 0 Å². The fraction of sp³-hybridized carbons (Fsp3) is 0.562. The minimum Gasteiger partial charge on any atom is -0.388 e. The van der Waals surface area contributed by atoms with Crippen LogP contribution in [0.1, 0.15) is 26.7 Å². The number of amides is 2. The summed E-state index contributed by atoms with van der Waals surface area (Å²) in [7, 11) is 3.82. The summed E-state index contributed by atoms with van der Waals surface area (Å²) in [5, 5.41) is 13.7. The Labute approximate surface area is 136 Å². The zero-order valence-corrected chi connectivity index (χ0v) is 14.3. The predicted molar refractivity (Wildman–Crippen MR) is 90.8 cm³/mol. The van der Waals surface area contributed by atoms with Crippen LogP contribution in [-0.2, 0) is 0 Å². The van der Waals surface area contributed by atoms with Gasteiger partial charge in [-0.3, -0.25) is 0 Å². The van der Waals surface area contributed by atoms with E-state index in [9.17, 15) is 9.90 Å². The molecule has 0 aromatic heterocycles. The van der Waals surface area contributed by atoms with Gasteiger partial charge in [0.1, 0.15) is 0 Å². The molecule has 1 aliphatic rings. The van der Waals surface area contributed by atoms with Crippen molar-refractivity contribution in [1.29, 1.82) is 0 Å². The molecule has 0 bridgehead atoms. The summed E-state index contributed by atoms with van der Waals surface area (Å²) in [6.45, 7) is 4.14. The van der Waals surface area contributed by atoms with Crippen LogP contribution < -0.4 is 10.2 Å². The SMILES string of the molecule is CN(C)c1ccc(Cl)cc1NC(=O)N1CCCC1C(C)(C)O. The van der Waals surface area contributed by atoms with Crippen molar-refractivity contribution in [3.63, 3.8) is 0 Å². The Morgan fingerprint density at radius 1 is 1.45 bits per heavy atom. The molecule has 5 nitrogen and oxygen atoms in total. The summed E-state index contributed by atoms with van der Waals surface area (Å²) < 4.78 is 0. The van der Waals surface area contributed by atoms with Gasteiger partial charge in [0.15, 0.2) is 0 Å². The number of halogens is 1. The van der Waals surface area contributed by atoms with E-state index in [1.165, 1.54) is 0 Å². The number of rotatable bonds is 3. The second kappa shape index (κ2) is 6.34. The summed E-state index contributed by atoms with van der Waals surface area (Å²) in [5.74, 6) is 0. The van der Waals surface area contributed by atoms with Crippen molar-refractivity contribution in [1.82, 2.24) is 4.90 Å². The molecule has 122 valence electrons. The molecule has 1 saturated heterocycles. The first-order chi connectivity index (χ1) is 10.2. The van der Waals surface area contributed by atoms with Crippen LogP contribution >= 0.6 is 11.6 Å². The van der Waals surface area contributed by atoms with Crippen molar-refractivity contribution in [2.75, 3.05) is 30.9 Å². The monoisotopic (exact) mass is 325 g/mol. The summed E-state index contributed by atoms with van der Waals surface area (Å²) >= 11 is 6.04. The number of likely N-dealkylation sites (tertiary alicyclic amines) is 1. The smallest absolute Gasteiger partial charge is 0.322 e. The van der Waals surface area contributed by atoms with Gasteiger partial charge in [-0.2, -0.15) is 0 Å². The maximum atomic E-state index is 12.6. The molecular weight excluding hydrogens is 302 g/mol. The predicted octanol–water partition coefficient (Wildman–Crippen LogP) is 3.17. The largest absolute Gasteiger partial charge is 0.388 e. The first-order valence-corrected chi connectivity index (χ1v) is 7.85. The first kappa shape index (κ1) is 16.9. The quantitative estimate of drug-likeness (QED) is 0.897. The number of aliphatic hydroxyl groups is 1. The number of hydrogen-bond donors (Lipinski definition) is 2. The van der Waals surface area contributed by atoms with E-state index in [-0.39, 0.29) is 12.1 Å². The van der Waals surface area contributed by atoms with Gasteiger partial charge in [-0.1, -0.05) is 11.6 Å². The van der Waals surface area contributed by atoms with Crippen LogP contribution in [0.3, 0.4) is 0 Å². The van der Waals surface area contributed by atoms with Crippen molar-refractivity contribution in [3.8, 4) is 0 Å². The second-order valence-corrected chi connectivity index (χ2v) is 6.93. The van der Waals surface area contributed by atoms with Crippen LogP contribution in [-0.4, -0.2) is 48.3 Å². The number of nitrogens with one attached hydrogen (secondary N) is 1. The third-order valence-electron chi connectivity index (χ3n) is 4.01. The lowest BCUT2D eigenvalue weighted by atomic mass is 9.97. The summed E-state index contributed by atoms with van der Waals surface area (Å²) in [4.78, 5) is 16.2. The van der Waals surface area contributed by atoms with Crippen LogP contribution in [0.15, 0.2) is 18.2 Å². The summed E-state index contributed by atoms with van der Waals surface area (Å²) in [6, 6.07) is 5.03. The van der Waals surface area contributed by atoms with Crippen molar-refractivity contribution in [2.45, 2.75) is 38.3 Å². The zero-order valence-electron chi connectivity index (χ0n) is 13.6. The van der Waals surface area contributed by atoms with Crippen molar-refractivity contribution in [3.05, 3.63) is 23.2 Å². The molecule has 2 amide bonds. The van der Waals surface area contributed by atoms with Crippen LogP contribution in [0.25, 0.3) is 0 Å². The lowest BCUT2D eigenvalue weighted by molar-refractivity contribution is 0.0117. The van der Waals surface area contributed by atoms with E-state index in [1.54, 1.807) is 30.9 Å². The van der Waals surface area contributed by atoms with Crippen molar-refractivity contribution < 1.29 is 9.90 Å². The number of urea groups is 1. The molecule has 0 aliphatic carbocycles. The molecule has 6 heteroatoms. The molecule has 0 radical (unpaired) electrons. The van der Waals surface area contributed by atoms with E-state index < -0.39 is 5.60 Å². The van der Waals surface area contributed by atoms with Gasteiger partial charge in [-0.25, -0.2) is 4.79 Å². The molecular formula is C16H24ClN3O2. The molecule has 1 aromatic rings. The van der Waals surface area contributed by atoms with E-state index in [1.807, 2.05) is 25.1 Å². The Kier molecular flexibility index (Phi) is 4.87. The van der Waals surface area contributed by atoms with Gasteiger partial charge in [-0.15, -0.1) is 0 Å². The topological polar surface area (TPSA) is 55.8 Å². The summed E-state index contributed by atoms with van der Waals surface area (Å²) in [5.41, 5.74) is 0.646. The maximum Gasteiger partial charge on any atom is 0.322 e. The molecule has 2 N–H and O–H groups in total. The van der Waals surface area contributed by atoms with Gasteiger partial charge in [0, 0.05) is 25.7 Å². The lowest BCUT2D eigenvalue weighted by Crippen LogP contribution is -2.49. The molecule has 1 fully saturated rings. The lowest BCUT2D eigenvalue weighted by Gasteiger charge is -2.34. The number of nitrogens with zero attached hydrogens (tertiary/aromatic N) is 2. The van der Waals surface area contributed by atoms with Gasteiger partial charge < -0.3 is 20.2 Å². The Morgan fingerprint density at radius 2 is 2.14 bits per heavy atom. The number of anilines is 2. The van der Waals surface area contributed by atoms with Gasteiger partial charge >= 0.3 is 6.03 Å². The molecule has 0 saturated carbocycles. The number of benzene rings is 1. The number of carbonyl (C=O) groups excluding carboxylic acids is 1. The van der Waals surface area contributed by atoms with Crippen LogP contribution in [0, 0.1) is 0 Å². The number of hydrogen-bond acceptors (Lipinski definition) is 3. The third-order valence-corrected chi connectivity index (χ3v) is 4.25. The Balaban J connectivity index is 2.20. The van der Waals surface area contributed by atoms with Crippen LogP contribution in [0.4, 0.5) is 16.2 Å². The molecule has 1 aromatic carbocycles.